The second kappa shape index (κ2) is 5.86. The van der Waals surface area contributed by atoms with E-state index in [0.717, 1.165) is 5.92 Å². The molecule has 1 N–H and O–H groups in total. The summed E-state index contributed by atoms with van der Waals surface area (Å²) < 4.78 is 0. The second-order valence-electron chi connectivity index (χ2n) is 5.64. The summed E-state index contributed by atoms with van der Waals surface area (Å²) >= 11 is 0. The molecule has 2 atom stereocenters. The van der Waals surface area contributed by atoms with Gasteiger partial charge in [-0.15, -0.1) is 0 Å². The minimum Gasteiger partial charge on any atom is -0.311 e. The Hall–Kier alpha value is -0.0800. The Morgan fingerprint density at radius 3 is 2.40 bits per heavy atom. The normalized spacial score (nSPS) is 29.8. The first kappa shape index (κ1) is 13.0. The van der Waals surface area contributed by atoms with Crippen molar-refractivity contribution in [3.8, 4) is 0 Å². The van der Waals surface area contributed by atoms with E-state index < -0.39 is 0 Å². The van der Waals surface area contributed by atoms with E-state index in [9.17, 15) is 0 Å². The van der Waals surface area contributed by atoms with Gasteiger partial charge in [-0.25, -0.2) is 0 Å². The third-order valence-electron chi connectivity index (χ3n) is 3.45. The minimum absolute atomic E-state index is 0.614. The van der Waals surface area contributed by atoms with Gasteiger partial charge in [-0.05, 0) is 39.2 Å². The van der Waals surface area contributed by atoms with Gasteiger partial charge >= 0.3 is 0 Å². The molecular weight excluding hydrogens is 184 g/mol. The van der Waals surface area contributed by atoms with Gasteiger partial charge in [0.1, 0.15) is 0 Å². The molecule has 1 saturated heterocycles. The number of hydrogen-bond donors (Lipinski definition) is 1. The fourth-order valence-corrected chi connectivity index (χ4v) is 2.53. The zero-order chi connectivity index (χ0) is 11.4. The van der Waals surface area contributed by atoms with E-state index in [1.165, 1.54) is 25.9 Å². The Morgan fingerprint density at radius 1 is 1.20 bits per heavy atom. The second-order valence-corrected chi connectivity index (χ2v) is 5.64. The molecule has 1 rings (SSSR count). The monoisotopic (exact) mass is 212 g/mol. The molecule has 15 heavy (non-hydrogen) atoms. The van der Waals surface area contributed by atoms with E-state index in [4.69, 9.17) is 0 Å². The Labute approximate surface area is 95.4 Å². The van der Waals surface area contributed by atoms with Crippen molar-refractivity contribution in [2.45, 2.75) is 65.6 Å². The Bertz CT molecular complexity index is 177. The minimum atomic E-state index is 0.614. The third-order valence-corrected chi connectivity index (χ3v) is 3.45. The molecule has 0 aromatic heterocycles. The van der Waals surface area contributed by atoms with Gasteiger partial charge in [0.25, 0.3) is 0 Å². The number of likely N-dealkylation sites (tertiary alicyclic amines) is 1. The molecule has 0 radical (unpaired) electrons. The van der Waals surface area contributed by atoms with Crippen LogP contribution in [0.25, 0.3) is 0 Å². The zero-order valence-corrected chi connectivity index (χ0v) is 11.1. The summed E-state index contributed by atoms with van der Waals surface area (Å²) in [5.74, 6) is 0.775. The molecule has 1 heterocycles. The number of rotatable bonds is 3. The number of nitrogens with one attached hydrogen (secondary N) is 1. The first-order chi connectivity index (χ1) is 7.00. The van der Waals surface area contributed by atoms with Crippen LogP contribution in [-0.4, -0.2) is 36.1 Å². The van der Waals surface area contributed by atoms with Crippen LogP contribution in [0.5, 0.6) is 0 Å². The number of nitrogens with zero attached hydrogens (tertiary/aromatic N) is 1. The molecule has 1 unspecified atom stereocenters. The highest BCUT2D eigenvalue weighted by molar-refractivity contribution is 4.82. The van der Waals surface area contributed by atoms with Crippen LogP contribution in [0.3, 0.4) is 0 Å². The summed E-state index contributed by atoms with van der Waals surface area (Å²) in [5, 5.41) is 3.70. The maximum absolute atomic E-state index is 3.70. The summed E-state index contributed by atoms with van der Waals surface area (Å²) in [6.07, 6.45) is 2.68. The van der Waals surface area contributed by atoms with Gasteiger partial charge < -0.3 is 10.2 Å². The maximum atomic E-state index is 3.70. The van der Waals surface area contributed by atoms with E-state index in [-0.39, 0.29) is 0 Å². The van der Waals surface area contributed by atoms with Crippen molar-refractivity contribution < 1.29 is 0 Å². The highest BCUT2D eigenvalue weighted by atomic mass is 15.2. The standard InChI is InChI=1S/C13H28N2/c1-10(2)14-13-7-6-8-15(11(3)4)9-12(13)5/h10-14H,6-9H2,1-5H3/t12-,13?/m1/s1. The van der Waals surface area contributed by atoms with Crippen LogP contribution in [0, 0.1) is 5.92 Å². The fourth-order valence-electron chi connectivity index (χ4n) is 2.53. The Balaban J connectivity index is 2.50. The predicted molar refractivity (Wildman–Crippen MR) is 67.2 cm³/mol. The van der Waals surface area contributed by atoms with Gasteiger partial charge in [0.2, 0.25) is 0 Å². The van der Waals surface area contributed by atoms with Gasteiger partial charge in [0.05, 0.1) is 0 Å². The number of hydrogen-bond acceptors (Lipinski definition) is 2. The SMILES string of the molecule is CC(C)NC1CCCN(C(C)C)C[C@H]1C. The largest absolute Gasteiger partial charge is 0.311 e. The van der Waals surface area contributed by atoms with E-state index in [0.29, 0.717) is 18.1 Å². The van der Waals surface area contributed by atoms with Gasteiger partial charge in [0, 0.05) is 24.7 Å². The summed E-state index contributed by atoms with van der Waals surface area (Å²) in [7, 11) is 0. The molecule has 0 saturated carbocycles. The summed E-state index contributed by atoms with van der Waals surface area (Å²) in [5.41, 5.74) is 0. The molecular formula is C13H28N2. The van der Waals surface area contributed by atoms with Crippen molar-refractivity contribution in [3.63, 3.8) is 0 Å². The smallest absolute Gasteiger partial charge is 0.0108 e. The molecule has 1 aliphatic rings. The fraction of sp³-hybridized carbons (Fsp3) is 1.00. The molecule has 0 bridgehead atoms. The lowest BCUT2D eigenvalue weighted by Crippen LogP contribution is -2.42. The average molecular weight is 212 g/mol. The molecule has 0 aliphatic carbocycles. The van der Waals surface area contributed by atoms with Gasteiger partial charge in [-0.2, -0.15) is 0 Å². The molecule has 1 aliphatic heterocycles. The molecule has 0 aromatic carbocycles. The van der Waals surface area contributed by atoms with Crippen LogP contribution in [-0.2, 0) is 0 Å². The quantitative estimate of drug-likeness (QED) is 0.773. The third kappa shape index (κ3) is 4.12. The zero-order valence-electron chi connectivity index (χ0n) is 11.1. The highest BCUT2D eigenvalue weighted by Crippen LogP contribution is 2.18. The van der Waals surface area contributed by atoms with Gasteiger partial charge in [0.15, 0.2) is 0 Å². The van der Waals surface area contributed by atoms with Crippen LogP contribution in [0.4, 0.5) is 0 Å². The Kier molecular flexibility index (Phi) is 5.07. The van der Waals surface area contributed by atoms with Crippen LogP contribution >= 0.6 is 0 Å². The summed E-state index contributed by atoms with van der Waals surface area (Å²) in [6.45, 7) is 14.0. The van der Waals surface area contributed by atoms with E-state index in [1.54, 1.807) is 0 Å². The lowest BCUT2D eigenvalue weighted by atomic mass is 9.98. The van der Waals surface area contributed by atoms with Crippen LogP contribution in [0.2, 0.25) is 0 Å². The lowest BCUT2D eigenvalue weighted by Gasteiger charge is -2.29. The van der Waals surface area contributed by atoms with Gasteiger partial charge in [-0.1, -0.05) is 20.8 Å². The van der Waals surface area contributed by atoms with Crippen LogP contribution in [0.15, 0.2) is 0 Å². The van der Waals surface area contributed by atoms with Crippen molar-refractivity contribution in [2.75, 3.05) is 13.1 Å². The van der Waals surface area contributed by atoms with Crippen molar-refractivity contribution >= 4 is 0 Å². The van der Waals surface area contributed by atoms with E-state index in [1.807, 2.05) is 0 Å². The molecule has 2 heteroatoms. The van der Waals surface area contributed by atoms with Crippen molar-refractivity contribution in [1.29, 1.82) is 0 Å². The summed E-state index contributed by atoms with van der Waals surface area (Å²) in [6, 6.07) is 2.03. The first-order valence-corrected chi connectivity index (χ1v) is 6.50. The van der Waals surface area contributed by atoms with Crippen molar-refractivity contribution in [1.82, 2.24) is 10.2 Å². The first-order valence-electron chi connectivity index (χ1n) is 6.50. The molecule has 2 nitrogen and oxygen atoms in total. The van der Waals surface area contributed by atoms with Crippen molar-refractivity contribution in [2.24, 2.45) is 5.92 Å². The van der Waals surface area contributed by atoms with Crippen molar-refractivity contribution in [3.05, 3.63) is 0 Å². The van der Waals surface area contributed by atoms with E-state index in [2.05, 4.69) is 44.8 Å². The van der Waals surface area contributed by atoms with Crippen LogP contribution in [0.1, 0.15) is 47.5 Å². The molecule has 0 aromatic rings. The average Bonchev–Trinajstić information content (AvgIpc) is 2.28. The Morgan fingerprint density at radius 2 is 1.87 bits per heavy atom. The van der Waals surface area contributed by atoms with E-state index >= 15 is 0 Å². The molecule has 0 spiro atoms. The highest BCUT2D eigenvalue weighted by Gasteiger charge is 2.24. The molecule has 90 valence electrons. The molecule has 0 amide bonds. The lowest BCUT2D eigenvalue weighted by molar-refractivity contribution is 0.198. The molecule has 1 fully saturated rings. The predicted octanol–water partition coefficient (Wildman–Crippen LogP) is 2.49. The summed E-state index contributed by atoms with van der Waals surface area (Å²) in [4.78, 5) is 2.62. The van der Waals surface area contributed by atoms with Crippen LogP contribution < -0.4 is 5.32 Å². The topological polar surface area (TPSA) is 15.3 Å². The maximum Gasteiger partial charge on any atom is 0.0108 e. The van der Waals surface area contributed by atoms with Gasteiger partial charge in [-0.3, -0.25) is 0 Å².